The van der Waals surface area contributed by atoms with Gasteiger partial charge in [-0.05, 0) is 68.4 Å². The molecule has 2 atom stereocenters. The maximum atomic E-state index is 13.7. The van der Waals surface area contributed by atoms with Crippen LogP contribution in [0.5, 0.6) is 5.88 Å². The first-order valence-corrected chi connectivity index (χ1v) is 19.1. The number of morpholine rings is 1. The zero-order chi connectivity index (χ0) is 44.3. The van der Waals surface area contributed by atoms with Crippen LogP contribution >= 0.6 is 0 Å². The van der Waals surface area contributed by atoms with Crippen LogP contribution in [-0.2, 0) is 37.8 Å². The lowest BCUT2D eigenvalue weighted by atomic mass is 9.83. The van der Waals surface area contributed by atoms with Crippen molar-refractivity contribution in [3.8, 4) is 5.88 Å². The first kappa shape index (κ1) is 47.4. The molecule has 1 saturated heterocycles. The third-order valence-electron chi connectivity index (χ3n) is 9.87. The highest BCUT2D eigenvalue weighted by Gasteiger charge is 2.47. The molecule has 330 valence electrons. The van der Waals surface area contributed by atoms with Gasteiger partial charge in [-0.2, -0.15) is 26.3 Å². The van der Waals surface area contributed by atoms with Gasteiger partial charge < -0.3 is 40.2 Å². The minimum Gasteiger partial charge on any atom is -0.481 e. The van der Waals surface area contributed by atoms with Crippen LogP contribution in [0.25, 0.3) is 0 Å². The molecule has 1 aromatic carbocycles. The van der Waals surface area contributed by atoms with Gasteiger partial charge in [0.25, 0.3) is 0 Å². The number of rotatable bonds is 16. The molecule has 2 aliphatic rings. The number of hydrogen-bond acceptors (Lipinski definition) is 11. The quantitative estimate of drug-likeness (QED) is 0.0850. The molecular weight excluding hydrogens is 810 g/mol. The minimum atomic E-state index is -5.02. The van der Waals surface area contributed by atoms with E-state index < -0.39 is 53.1 Å². The van der Waals surface area contributed by atoms with E-state index in [1.165, 1.54) is 25.4 Å². The lowest BCUT2D eigenvalue weighted by Crippen LogP contribution is -2.61. The van der Waals surface area contributed by atoms with Crippen molar-refractivity contribution in [2.45, 2.75) is 88.6 Å². The molecule has 5 rings (SSSR count). The summed E-state index contributed by atoms with van der Waals surface area (Å²) in [6, 6.07) is 4.41. The number of methoxy groups -OCH3 is 1. The van der Waals surface area contributed by atoms with Crippen molar-refractivity contribution >= 4 is 29.4 Å². The largest absolute Gasteiger partial charge is 0.481 e. The van der Waals surface area contributed by atoms with Gasteiger partial charge in [-0.15, -0.1) is 0 Å². The molecular formula is C39H48F6N6O9. The number of carboxylic acid groups (broad SMARTS) is 3. The van der Waals surface area contributed by atoms with E-state index in [1.807, 2.05) is 4.90 Å². The van der Waals surface area contributed by atoms with Crippen LogP contribution in [0.15, 0.2) is 36.5 Å². The molecule has 5 N–H and O–H groups in total. The molecule has 21 heteroatoms. The van der Waals surface area contributed by atoms with Crippen molar-refractivity contribution in [2.75, 3.05) is 56.4 Å². The monoisotopic (exact) mass is 858 g/mol. The number of alkyl halides is 6. The predicted molar refractivity (Wildman–Crippen MR) is 203 cm³/mol. The second-order valence-corrected chi connectivity index (χ2v) is 14.2. The maximum Gasteiger partial charge on any atom is 0.416 e. The molecule has 1 fully saturated rings. The van der Waals surface area contributed by atoms with E-state index in [9.17, 15) is 45.8 Å². The molecule has 2 aliphatic heterocycles. The van der Waals surface area contributed by atoms with Gasteiger partial charge in [-0.25, -0.2) is 19.7 Å². The topological polar surface area (TPSA) is 211 Å². The summed E-state index contributed by atoms with van der Waals surface area (Å²) in [4.78, 5) is 49.3. The van der Waals surface area contributed by atoms with Crippen LogP contribution in [0.3, 0.4) is 0 Å². The fraction of sp³-hybridized carbons (Fsp3) is 0.538. The first-order chi connectivity index (χ1) is 28.3. The smallest absolute Gasteiger partial charge is 0.416 e. The number of pyridine rings is 1. The second-order valence-electron chi connectivity index (χ2n) is 14.2. The molecule has 0 bridgehead atoms. The van der Waals surface area contributed by atoms with Crippen LogP contribution in [0, 0.1) is 0 Å². The summed E-state index contributed by atoms with van der Waals surface area (Å²) in [6.45, 7) is 4.31. The average molecular weight is 859 g/mol. The van der Waals surface area contributed by atoms with Crippen molar-refractivity contribution in [1.82, 2.24) is 15.0 Å². The van der Waals surface area contributed by atoms with E-state index in [2.05, 4.69) is 9.97 Å². The summed E-state index contributed by atoms with van der Waals surface area (Å²) in [5.41, 5.74) is 3.13. The normalized spacial score (nSPS) is 18.0. The number of halogens is 6. The lowest BCUT2D eigenvalue weighted by molar-refractivity contribution is -0.143. The Morgan fingerprint density at radius 2 is 1.47 bits per heavy atom. The maximum absolute atomic E-state index is 13.7. The number of unbranched alkanes of at least 4 members (excludes halogenated alkanes) is 2. The highest BCUT2D eigenvalue weighted by molar-refractivity contribution is 5.89. The number of anilines is 2. The van der Waals surface area contributed by atoms with Gasteiger partial charge in [0.2, 0.25) is 5.88 Å². The zero-order valence-electron chi connectivity index (χ0n) is 33.0. The number of benzene rings is 1. The van der Waals surface area contributed by atoms with Gasteiger partial charge in [0.15, 0.2) is 0 Å². The minimum absolute atomic E-state index is 0.0128. The SMILES string of the molecule is CC[C@]1(N)C[C@H](c2ncc(N3CCOCC3)c(Cc3cc(C(F)(F)F)cc(C(F)(F)F)c3)n2)c2nc(OC)ccc2N1C(=O)O.O=C(O)CCCCOCCCCC(=O)O. The fourth-order valence-electron chi connectivity index (χ4n) is 6.77. The Balaban J connectivity index is 0.000000451. The molecule has 60 heavy (non-hydrogen) atoms. The molecule has 3 aromatic rings. The van der Waals surface area contributed by atoms with Gasteiger partial charge >= 0.3 is 30.4 Å². The van der Waals surface area contributed by atoms with Crippen LogP contribution in [-0.4, -0.2) is 101 Å². The van der Waals surface area contributed by atoms with Crippen molar-refractivity contribution in [3.63, 3.8) is 0 Å². The van der Waals surface area contributed by atoms with E-state index in [1.54, 1.807) is 6.92 Å². The molecule has 0 saturated carbocycles. The van der Waals surface area contributed by atoms with Gasteiger partial charge in [-0.1, -0.05) is 6.92 Å². The molecule has 15 nitrogen and oxygen atoms in total. The Labute approximate surface area is 341 Å². The number of aromatic nitrogens is 3. The van der Waals surface area contributed by atoms with Crippen LogP contribution in [0.4, 0.5) is 42.5 Å². The van der Waals surface area contributed by atoms with Crippen molar-refractivity contribution in [3.05, 3.63) is 70.4 Å². The van der Waals surface area contributed by atoms with E-state index >= 15 is 0 Å². The number of nitrogens with two attached hydrogens (primary N) is 1. The fourth-order valence-corrected chi connectivity index (χ4v) is 6.77. The Bertz CT molecular complexity index is 1890. The number of amides is 1. The van der Waals surface area contributed by atoms with Crippen molar-refractivity contribution in [1.29, 1.82) is 0 Å². The Morgan fingerprint density at radius 3 is 1.97 bits per heavy atom. The Hall–Kier alpha value is -5.28. The van der Waals surface area contributed by atoms with Gasteiger partial charge in [-0.3, -0.25) is 14.5 Å². The summed E-state index contributed by atoms with van der Waals surface area (Å²) in [6.07, 6.45) is -6.96. The van der Waals surface area contributed by atoms with Crippen molar-refractivity contribution in [2.24, 2.45) is 5.73 Å². The standard InChI is InChI=1S/C29H30F6N6O4.C10H18O5/c1-3-27(36)14-19(24-21(41(27)26(42)43)4-5-23(39-24)44-2)25-37-15-22(40-6-8-45-9-7-40)20(38-25)12-16-10-17(28(30,31)32)13-18(11-16)29(33,34)35;11-9(12)5-1-3-7-15-8-4-2-6-10(13)14/h4-5,10-11,13,15,19H,3,6-9,12,14,36H2,1-2H3,(H,42,43);1-8H2,(H,11,12)(H,13,14)/t19-,27+;/m0./s1. The summed E-state index contributed by atoms with van der Waals surface area (Å²) in [7, 11) is 1.39. The van der Waals surface area contributed by atoms with E-state index in [0.29, 0.717) is 70.2 Å². The first-order valence-electron chi connectivity index (χ1n) is 19.1. The summed E-state index contributed by atoms with van der Waals surface area (Å²) in [5.74, 6) is -2.05. The van der Waals surface area contributed by atoms with Gasteiger partial charge in [0.1, 0.15) is 11.5 Å². The van der Waals surface area contributed by atoms with Crippen molar-refractivity contribution < 1.29 is 70.3 Å². The molecule has 0 unspecified atom stereocenters. The molecule has 0 spiro atoms. The van der Waals surface area contributed by atoms with Crippen LogP contribution in [0.1, 0.15) is 98.1 Å². The summed E-state index contributed by atoms with van der Waals surface area (Å²) >= 11 is 0. The predicted octanol–water partition coefficient (Wildman–Crippen LogP) is 6.94. The third kappa shape index (κ3) is 12.9. The molecule has 4 heterocycles. The molecule has 1 amide bonds. The number of carboxylic acids is 2. The highest BCUT2D eigenvalue weighted by Crippen LogP contribution is 2.45. The van der Waals surface area contributed by atoms with E-state index in [0.717, 1.165) is 17.7 Å². The number of fused-ring (bicyclic) bond motifs is 1. The number of carbonyl (C=O) groups is 3. The number of ether oxygens (including phenoxy) is 3. The van der Waals surface area contributed by atoms with Gasteiger partial charge in [0, 0.05) is 51.6 Å². The highest BCUT2D eigenvalue weighted by atomic mass is 19.4. The Kier molecular flexibility index (Phi) is 16.4. The number of nitrogens with zero attached hydrogens (tertiary/aromatic N) is 5. The third-order valence-corrected chi connectivity index (χ3v) is 9.87. The number of aliphatic carboxylic acids is 2. The molecule has 0 radical (unpaired) electrons. The van der Waals surface area contributed by atoms with Crippen LogP contribution < -0.4 is 20.3 Å². The molecule has 0 aliphatic carbocycles. The Morgan fingerprint density at radius 1 is 0.883 bits per heavy atom. The average Bonchev–Trinajstić information content (AvgIpc) is 3.19. The van der Waals surface area contributed by atoms with Crippen LogP contribution in [0.2, 0.25) is 0 Å². The van der Waals surface area contributed by atoms with E-state index in [-0.39, 0.29) is 72.5 Å². The summed E-state index contributed by atoms with van der Waals surface area (Å²) in [5, 5.41) is 26.7. The lowest BCUT2D eigenvalue weighted by Gasteiger charge is -2.45. The molecule has 2 aromatic heterocycles. The van der Waals surface area contributed by atoms with Gasteiger partial charge in [0.05, 0.1) is 66.3 Å². The zero-order valence-corrected chi connectivity index (χ0v) is 33.0. The van der Waals surface area contributed by atoms with E-state index in [4.69, 9.17) is 35.1 Å². The number of hydrogen-bond donors (Lipinski definition) is 4. The summed E-state index contributed by atoms with van der Waals surface area (Å²) < 4.78 is 97.8. The second kappa shape index (κ2) is 20.8.